The maximum Gasteiger partial charge on any atom is 0.263 e. The van der Waals surface area contributed by atoms with E-state index in [4.69, 9.17) is 11.6 Å². The number of hydrogen-bond donors (Lipinski definition) is 1. The molecule has 0 aliphatic carbocycles. The summed E-state index contributed by atoms with van der Waals surface area (Å²) in [6.07, 6.45) is 1.89. The fraction of sp³-hybridized carbons (Fsp3) is 0.273. The molecule has 2 heterocycles. The molecule has 1 aliphatic heterocycles. The second-order valence-corrected chi connectivity index (χ2v) is 8.61. The first kappa shape index (κ1) is 19.9. The Kier molecular flexibility index (Phi) is 5.83. The molecule has 1 aliphatic rings. The molecule has 1 amide bonds. The number of aromatic nitrogens is 1. The van der Waals surface area contributed by atoms with Gasteiger partial charge in [-0.1, -0.05) is 23.7 Å². The average Bonchev–Trinajstić information content (AvgIpc) is 3.11. The molecule has 150 valence electrons. The molecule has 7 heteroatoms. The molecule has 3 aromatic rings. The molecule has 0 radical (unpaired) electrons. The van der Waals surface area contributed by atoms with Gasteiger partial charge in [-0.15, -0.1) is 11.3 Å². The lowest BCUT2D eigenvalue weighted by Crippen LogP contribution is -2.47. The molecule has 4 nitrogen and oxygen atoms in total. The van der Waals surface area contributed by atoms with Crippen LogP contribution >= 0.6 is 22.9 Å². The van der Waals surface area contributed by atoms with Gasteiger partial charge in [-0.3, -0.25) is 4.79 Å². The third kappa shape index (κ3) is 4.60. The number of thiazole rings is 1. The van der Waals surface area contributed by atoms with E-state index < -0.39 is 0 Å². The zero-order valence-corrected chi connectivity index (χ0v) is 17.6. The topological polar surface area (TPSA) is 45.2 Å². The van der Waals surface area contributed by atoms with Gasteiger partial charge in [-0.25, -0.2) is 9.37 Å². The third-order valence-electron chi connectivity index (χ3n) is 5.04. The number of nitrogens with one attached hydrogen (secondary N) is 1. The van der Waals surface area contributed by atoms with Crippen molar-refractivity contribution < 1.29 is 9.18 Å². The molecule has 0 bridgehead atoms. The quantitative estimate of drug-likeness (QED) is 0.611. The molecule has 1 aromatic heterocycles. The lowest BCUT2D eigenvalue weighted by atomic mass is 10.0. The van der Waals surface area contributed by atoms with Crippen LogP contribution in [-0.4, -0.2) is 30.0 Å². The van der Waals surface area contributed by atoms with Crippen LogP contribution in [0.3, 0.4) is 0 Å². The minimum atomic E-state index is -0.243. The SMILES string of the molecule is Cc1nc(-c2ccc(Cl)cc2)sc1C(=O)NC1CCCN(c2ccc(F)cc2)C1. The Morgan fingerprint density at radius 1 is 1.21 bits per heavy atom. The highest BCUT2D eigenvalue weighted by atomic mass is 35.5. The smallest absolute Gasteiger partial charge is 0.263 e. The monoisotopic (exact) mass is 429 g/mol. The van der Waals surface area contributed by atoms with Crippen LogP contribution in [0.4, 0.5) is 10.1 Å². The Balaban J connectivity index is 1.45. The molecule has 2 aromatic carbocycles. The molecule has 1 saturated heterocycles. The van der Waals surface area contributed by atoms with Crippen LogP contribution in [0, 0.1) is 12.7 Å². The van der Waals surface area contributed by atoms with Gasteiger partial charge < -0.3 is 10.2 Å². The van der Waals surface area contributed by atoms with Crippen LogP contribution in [0.5, 0.6) is 0 Å². The highest BCUT2D eigenvalue weighted by Gasteiger charge is 2.24. The van der Waals surface area contributed by atoms with Crippen molar-refractivity contribution in [3.63, 3.8) is 0 Å². The molecule has 0 saturated carbocycles. The van der Waals surface area contributed by atoms with Crippen LogP contribution in [0.15, 0.2) is 48.5 Å². The van der Waals surface area contributed by atoms with Crippen LogP contribution in [-0.2, 0) is 0 Å². The third-order valence-corrected chi connectivity index (χ3v) is 6.50. The fourth-order valence-electron chi connectivity index (χ4n) is 3.56. The van der Waals surface area contributed by atoms with Crippen LogP contribution in [0.25, 0.3) is 10.6 Å². The Morgan fingerprint density at radius 2 is 1.93 bits per heavy atom. The van der Waals surface area contributed by atoms with E-state index in [9.17, 15) is 9.18 Å². The lowest BCUT2D eigenvalue weighted by Gasteiger charge is -2.34. The zero-order valence-electron chi connectivity index (χ0n) is 16.0. The first-order valence-corrected chi connectivity index (χ1v) is 10.7. The number of anilines is 1. The van der Waals surface area contributed by atoms with Crippen molar-refractivity contribution in [2.45, 2.75) is 25.8 Å². The van der Waals surface area contributed by atoms with E-state index in [1.54, 1.807) is 12.1 Å². The van der Waals surface area contributed by atoms with E-state index in [-0.39, 0.29) is 17.8 Å². The van der Waals surface area contributed by atoms with Gasteiger partial charge in [0.1, 0.15) is 15.7 Å². The summed E-state index contributed by atoms with van der Waals surface area (Å²) in [5.41, 5.74) is 2.65. The van der Waals surface area contributed by atoms with Crippen molar-refractivity contribution in [1.29, 1.82) is 0 Å². The standard InChI is InChI=1S/C22H21ClFN3OS/c1-14-20(29-22(25-14)15-4-6-16(23)7-5-15)21(28)26-18-3-2-12-27(13-18)19-10-8-17(24)9-11-19/h4-11,18H,2-3,12-13H2,1H3,(H,26,28). The molecule has 1 fully saturated rings. The summed E-state index contributed by atoms with van der Waals surface area (Å²) in [5.74, 6) is -0.334. The summed E-state index contributed by atoms with van der Waals surface area (Å²) in [7, 11) is 0. The number of nitrogens with zero attached hydrogens (tertiary/aromatic N) is 2. The van der Waals surface area contributed by atoms with E-state index in [2.05, 4.69) is 15.2 Å². The van der Waals surface area contributed by atoms with Gasteiger partial charge in [0.2, 0.25) is 0 Å². The number of carbonyl (C=O) groups is 1. The normalized spacial score (nSPS) is 16.7. The van der Waals surface area contributed by atoms with Gasteiger partial charge in [-0.2, -0.15) is 0 Å². The molecule has 0 spiro atoms. The first-order chi connectivity index (χ1) is 14.0. The van der Waals surface area contributed by atoms with E-state index in [0.29, 0.717) is 16.4 Å². The number of amides is 1. The van der Waals surface area contributed by atoms with Crippen molar-refractivity contribution in [1.82, 2.24) is 10.3 Å². The van der Waals surface area contributed by atoms with Crippen molar-refractivity contribution in [2.24, 2.45) is 0 Å². The predicted molar refractivity (Wildman–Crippen MR) is 116 cm³/mol. The summed E-state index contributed by atoms with van der Waals surface area (Å²) >= 11 is 7.35. The van der Waals surface area contributed by atoms with E-state index in [1.807, 2.05) is 31.2 Å². The number of carbonyl (C=O) groups excluding carboxylic acids is 1. The van der Waals surface area contributed by atoms with Crippen LogP contribution in [0.1, 0.15) is 28.2 Å². The highest BCUT2D eigenvalue weighted by molar-refractivity contribution is 7.17. The fourth-order valence-corrected chi connectivity index (χ4v) is 4.66. The molecular weight excluding hydrogens is 409 g/mol. The number of hydrogen-bond acceptors (Lipinski definition) is 4. The van der Waals surface area contributed by atoms with Gasteiger partial charge in [0.15, 0.2) is 0 Å². The number of rotatable bonds is 4. The summed E-state index contributed by atoms with van der Waals surface area (Å²) in [6.45, 7) is 3.47. The van der Waals surface area contributed by atoms with Crippen molar-refractivity contribution in [2.75, 3.05) is 18.0 Å². The first-order valence-electron chi connectivity index (χ1n) is 9.54. The van der Waals surface area contributed by atoms with E-state index in [0.717, 1.165) is 41.3 Å². The number of piperidine rings is 1. The average molecular weight is 430 g/mol. The molecule has 1 unspecified atom stereocenters. The Hall–Kier alpha value is -2.44. The molecule has 4 rings (SSSR count). The van der Waals surface area contributed by atoms with E-state index in [1.165, 1.54) is 23.5 Å². The van der Waals surface area contributed by atoms with Crippen molar-refractivity contribution >= 4 is 34.5 Å². The Morgan fingerprint density at radius 3 is 2.66 bits per heavy atom. The minimum absolute atomic E-state index is 0.0433. The van der Waals surface area contributed by atoms with Gasteiger partial charge in [0.25, 0.3) is 5.91 Å². The zero-order chi connectivity index (χ0) is 20.4. The van der Waals surface area contributed by atoms with Crippen molar-refractivity contribution in [3.05, 3.63) is 69.9 Å². The van der Waals surface area contributed by atoms with Gasteiger partial charge in [0, 0.05) is 35.4 Å². The second-order valence-electron chi connectivity index (χ2n) is 7.18. The molecular formula is C22H21ClFN3OS. The highest BCUT2D eigenvalue weighted by Crippen LogP contribution is 2.29. The molecule has 29 heavy (non-hydrogen) atoms. The number of aryl methyl sites for hydroxylation is 1. The minimum Gasteiger partial charge on any atom is -0.369 e. The molecule has 1 N–H and O–H groups in total. The summed E-state index contributed by atoms with van der Waals surface area (Å²) in [6, 6.07) is 14.0. The second kappa shape index (κ2) is 8.51. The number of benzene rings is 2. The summed E-state index contributed by atoms with van der Waals surface area (Å²) in [4.78, 5) is 20.3. The van der Waals surface area contributed by atoms with E-state index >= 15 is 0 Å². The van der Waals surface area contributed by atoms with Crippen LogP contribution < -0.4 is 10.2 Å². The maximum atomic E-state index is 13.2. The lowest BCUT2D eigenvalue weighted by molar-refractivity contribution is 0.0936. The van der Waals surface area contributed by atoms with Gasteiger partial charge >= 0.3 is 0 Å². The molecule has 1 atom stereocenters. The predicted octanol–water partition coefficient (Wildman–Crippen LogP) is 5.31. The summed E-state index contributed by atoms with van der Waals surface area (Å²) in [5, 5.41) is 4.63. The summed E-state index contributed by atoms with van der Waals surface area (Å²) < 4.78 is 13.2. The van der Waals surface area contributed by atoms with Crippen LogP contribution in [0.2, 0.25) is 5.02 Å². The Labute approximate surface area is 178 Å². The Bertz CT molecular complexity index is 1000. The van der Waals surface area contributed by atoms with Gasteiger partial charge in [-0.05, 0) is 56.2 Å². The maximum absolute atomic E-state index is 13.2. The largest absolute Gasteiger partial charge is 0.369 e. The van der Waals surface area contributed by atoms with Gasteiger partial charge in [0.05, 0.1) is 5.69 Å². The van der Waals surface area contributed by atoms with Crippen molar-refractivity contribution in [3.8, 4) is 10.6 Å². The number of halogens is 2.